The van der Waals surface area contributed by atoms with Gasteiger partial charge >= 0.3 is 0 Å². The second-order valence-corrected chi connectivity index (χ2v) is 9.14. The highest BCUT2D eigenvalue weighted by Gasteiger charge is 2.27. The fraction of sp³-hybridized carbons (Fsp3) is 0.310. The molecule has 0 aliphatic heterocycles. The van der Waals surface area contributed by atoms with Crippen molar-refractivity contribution in [3.8, 4) is 17.2 Å². The number of amides is 1. The molecule has 4 rings (SSSR count). The first-order valence-corrected chi connectivity index (χ1v) is 11.9. The number of carbonyl (C=O) groups excluding carboxylic acids is 1. The predicted molar refractivity (Wildman–Crippen MR) is 132 cm³/mol. The van der Waals surface area contributed by atoms with Gasteiger partial charge in [-0.3, -0.25) is 4.79 Å². The van der Waals surface area contributed by atoms with Gasteiger partial charge in [0.15, 0.2) is 0 Å². The van der Waals surface area contributed by atoms with Crippen molar-refractivity contribution in [1.29, 1.82) is 5.26 Å². The van der Waals surface area contributed by atoms with Gasteiger partial charge in [0.25, 0.3) is 0 Å². The Hall–Kier alpha value is -3.49. The Kier molecular flexibility index (Phi) is 7.72. The molecule has 34 heavy (non-hydrogen) atoms. The smallest absolute Gasteiger partial charge is 0.223 e. The average Bonchev–Trinajstić information content (AvgIpc) is 2.89. The molecule has 3 aromatic carbocycles. The van der Waals surface area contributed by atoms with Gasteiger partial charge in [0.2, 0.25) is 5.91 Å². The molecule has 0 bridgehead atoms. The van der Waals surface area contributed by atoms with E-state index in [4.69, 9.17) is 11.0 Å². The zero-order valence-corrected chi connectivity index (χ0v) is 19.2. The van der Waals surface area contributed by atoms with Crippen LogP contribution in [0.25, 0.3) is 11.1 Å². The van der Waals surface area contributed by atoms with Crippen molar-refractivity contribution >= 4 is 5.91 Å². The van der Waals surface area contributed by atoms with Crippen LogP contribution in [0, 0.1) is 29.0 Å². The third-order valence-corrected chi connectivity index (χ3v) is 6.86. The summed E-state index contributed by atoms with van der Waals surface area (Å²) in [5.74, 6) is 0.0874. The van der Waals surface area contributed by atoms with Crippen LogP contribution in [0.15, 0.2) is 72.8 Å². The maximum Gasteiger partial charge on any atom is 0.223 e. The average molecular weight is 456 g/mol. The van der Waals surface area contributed by atoms with E-state index in [9.17, 15) is 9.18 Å². The summed E-state index contributed by atoms with van der Waals surface area (Å²) in [5.41, 5.74) is 9.48. The molecule has 1 saturated carbocycles. The van der Waals surface area contributed by atoms with Gasteiger partial charge < -0.3 is 11.1 Å². The van der Waals surface area contributed by atoms with E-state index in [-0.39, 0.29) is 23.4 Å². The molecule has 1 amide bonds. The van der Waals surface area contributed by atoms with E-state index in [1.807, 2.05) is 48.5 Å². The number of halogens is 1. The van der Waals surface area contributed by atoms with Crippen molar-refractivity contribution in [3.05, 3.63) is 95.3 Å². The Labute approximate surface area is 200 Å². The van der Waals surface area contributed by atoms with Gasteiger partial charge in [-0.15, -0.1) is 0 Å². The van der Waals surface area contributed by atoms with Gasteiger partial charge in [0.05, 0.1) is 11.6 Å². The minimum Gasteiger partial charge on any atom is -0.349 e. The summed E-state index contributed by atoms with van der Waals surface area (Å²) in [7, 11) is 0. The first-order chi connectivity index (χ1) is 16.6. The molecular weight excluding hydrogens is 425 g/mol. The van der Waals surface area contributed by atoms with Gasteiger partial charge in [-0.25, -0.2) is 4.39 Å². The number of nitrogens with zero attached hydrogens (tertiary/aromatic N) is 1. The molecule has 0 saturated heterocycles. The summed E-state index contributed by atoms with van der Waals surface area (Å²) in [6.07, 6.45) is 4.40. The third-order valence-electron chi connectivity index (χ3n) is 6.86. The Bertz CT molecular complexity index is 1160. The summed E-state index contributed by atoms with van der Waals surface area (Å²) >= 11 is 0. The molecule has 1 aliphatic rings. The molecule has 3 aromatic rings. The van der Waals surface area contributed by atoms with Crippen LogP contribution in [0.3, 0.4) is 0 Å². The van der Waals surface area contributed by atoms with E-state index in [2.05, 4.69) is 17.4 Å². The van der Waals surface area contributed by atoms with Crippen molar-refractivity contribution in [3.63, 3.8) is 0 Å². The number of hydrogen-bond donors (Lipinski definition) is 2. The molecule has 5 heteroatoms. The quantitative estimate of drug-likeness (QED) is 0.492. The highest BCUT2D eigenvalue weighted by Crippen LogP contribution is 2.30. The molecule has 0 radical (unpaired) electrons. The maximum atomic E-state index is 14.2. The lowest BCUT2D eigenvalue weighted by atomic mass is 9.81. The molecule has 1 aliphatic carbocycles. The van der Waals surface area contributed by atoms with Crippen molar-refractivity contribution < 1.29 is 9.18 Å². The van der Waals surface area contributed by atoms with E-state index in [1.165, 1.54) is 12.1 Å². The second kappa shape index (κ2) is 11.1. The van der Waals surface area contributed by atoms with E-state index >= 15 is 0 Å². The lowest BCUT2D eigenvalue weighted by Crippen LogP contribution is -2.37. The first kappa shape index (κ1) is 23.7. The van der Waals surface area contributed by atoms with Gasteiger partial charge in [0.1, 0.15) is 11.9 Å². The van der Waals surface area contributed by atoms with E-state index < -0.39 is 5.82 Å². The number of benzene rings is 3. The zero-order valence-electron chi connectivity index (χ0n) is 19.2. The molecule has 4 nitrogen and oxygen atoms in total. The van der Waals surface area contributed by atoms with Crippen molar-refractivity contribution in [2.75, 3.05) is 6.54 Å². The minimum atomic E-state index is -0.535. The van der Waals surface area contributed by atoms with Crippen LogP contribution in [0.5, 0.6) is 0 Å². The van der Waals surface area contributed by atoms with Gasteiger partial charge in [0, 0.05) is 5.92 Å². The Morgan fingerprint density at radius 2 is 1.74 bits per heavy atom. The predicted octanol–water partition coefficient (Wildman–Crippen LogP) is 5.53. The number of carbonyl (C=O) groups is 1. The fourth-order valence-corrected chi connectivity index (χ4v) is 4.77. The molecule has 0 heterocycles. The summed E-state index contributed by atoms with van der Waals surface area (Å²) in [4.78, 5) is 13.2. The monoisotopic (exact) mass is 455 g/mol. The van der Waals surface area contributed by atoms with E-state index in [0.717, 1.165) is 42.4 Å². The topological polar surface area (TPSA) is 78.9 Å². The molecule has 1 fully saturated rings. The first-order valence-electron chi connectivity index (χ1n) is 11.9. The number of rotatable bonds is 7. The molecule has 3 N–H and O–H groups in total. The number of nitriles is 1. The van der Waals surface area contributed by atoms with E-state index in [1.54, 1.807) is 6.07 Å². The lowest BCUT2D eigenvalue weighted by Gasteiger charge is -2.29. The van der Waals surface area contributed by atoms with Crippen molar-refractivity contribution in [2.45, 2.75) is 38.1 Å². The van der Waals surface area contributed by atoms with Crippen LogP contribution < -0.4 is 11.1 Å². The highest BCUT2D eigenvalue weighted by molar-refractivity contribution is 5.79. The van der Waals surface area contributed by atoms with Crippen LogP contribution in [-0.2, 0) is 11.2 Å². The van der Waals surface area contributed by atoms with Crippen molar-refractivity contribution in [1.82, 2.24) is 5.32 Å². The summed E-state index contributed by atoms with van der Waals surface area (Å²) in [6.45, 7) is 0.688. The largest absolute Gasteiger partial charge is 0.349 e. The summed E-state index contributed by atoms with van der Waals surface area (Å²) in [5, 5.41) is 12.3. The normalized spacial score (nSPS) is 18.6. The fourth-order valence-electron chi connectivity index (χ4n) is 4.77. The third kappa shape index (κ3) is 5.70. The minimum absolute atomic E-state index is 0.0110. The Morgan fingerprint density at radius 3 is 2.41 bits per heavy atom. The Morgan fingerprint density at radius 1 is 1.00 bits per heavy atom. The Balaban J connectivity index is 1.59. The number of nitrogens with one attached hydrogen (secondary N) is 1. The van der Waals surface area contributed by atoms with Crippen LogP contribution >= 0.6 is 0 Å². The van der Waals surface area contributed by atoms with Gasteiger partial charge in [-0.2, -0.15) is 5.26 Å². The molecule has 0 aromatic heterocycles. The maximum absolute atomic E-state index is 14.2. The number of hydrogen-bond acceptors (Lipinski definition) is 3. The summed E-state index contributed by atoms with van der Waals surface area (Å²) in [6, 6.07) is 24.2. The van der Waals surface area contributed by atoms with Crippen molar-refractivity contribution in [2.24, 2.45) is 17.6 Å². The molecular formula is C29H30FN3O. The number of nitrogens with two attached hydrogens (primary N) is 1. The van der Waals surface area contributed by atoms with Crippen LogP contribution in [0.4, 0.5) is 4.39 Å². The molecule has 174 valence electrons. The van der Waals surface area contributed by atoms with Gasteiger partial charge in [-0.05, 0) is 85.0 Å². The SMILES string of the molecule is N#Cc1ccc(-c2cccc(C(Cc3ccccc3)NC(=O)C3CCC(CN)CC3)c2)cc1F. The molecule has 0 spiro atoms. The van der Waals surface area contributed by atoms with E-state index in [0.29, 0.717) is 24.4 Å². The molecule has 1 atom stereocenters. The summed E-state index contributed by atoms with van der Waals surface area (Å²) < 4.78 is 14.2. The van der Waals surface area contributed by atoms with Crippen LogP contribution in [0.1, 0.15) is 48.4 Å². The standard InChI is InChI=1S/C29H30FN3O/c30-27-17-24(13-14-26(27)19-32)23-7-4-8-25(16-23)28(15-20-5-2-1-3-6-20)33-29(34)22-11-9-21(18-31)10-12-22/h1-8,13-14,16-17,21-22,28H,9-12,15,18,31H2,(H,33,34). The molecule has 1 unspecified atom stereocenters. The van der Waals surface area contributed by atoms with Gasteiger partial charge in [-0.1, -0.05) is 54.6 Å². The highest BCUT2D eigenvalue weighted by atomic mass is 19.1. The lowest BCUT2D eigenvalue weighted by molar-refractivity contribution is -0.127. The van der Waals surface area contributed by atoms with Crippen LogP contribution in [-0.4, -0.2) is 12.5 Å². The second-order valence-electron chi connectivity index (χ2n) is 9.14. The van der Waals surface area contributed by atoms with Crippen LogP contribution in [0.2, 0.25) is 0 Å². The zero-order chi connectivity index (χ0) is 23.9.